The lowest BCUT2D eigenvalue weighted by Crippen LogP contribution is -2.20. The summed E-state index contributed by atoms with van der Waals surface area (Å²) in [6.07, 6.45) is 5.50. The van der Waals surface area contributed by atoms with Gasteiger partial charge in [0.25, 0.3) is 0 Å². The fourth-order valence-corrected chi connectivity index (χ4v) is 3.56. The van der Waals surface area contributed by atoms with Crippen LogP contribution in [0.3, 0.4) is 0 Å². The summed E-state index contributed by atoms with van der Waals surface area (Å²) in [5, 5.41) is 7.89. The number of hydrogen-bond acceptors (Lipinski definition) is 5. The first-order chi connectivity index (χ1) is 14.3. The molecule has 0 saturated carbocycles. The standard InChI is InChI=1S/C23H24N6O/c1-23(2,3)19-8-6-17(11-16(19)12-21(24)30)27-22-26-14-18-7-9-20(29(18)28-22)15-5-4-10-25-13-15/h4-11,13-14H,12H2,1-3H3,(H2,24,30)(H,27,28). The molecule has 4 rings (SSSR count). The topological polar surface area (TPSA) is 98.2 Å². The molecule has 0 unspecified atom stereocenters. The van der Waals surface area contributed by atoms with E-state index in [2.05, 4.69) is 41.2 Å². The number of primary amides is 1. The van der Waals surface area contributed by atoms with Gasteiger partial charge in [-0.2, -0.15) is 0 Å². The average Bonchev–Trinajstić information content (AvgIpc) is 3.11. The first-order valence-corrected chi connectivity index (χ1v) is 9.75. The molecule has 0 saturated heterocycles. The molecule has 1 aromatic carbocycles. The highest BCUT2D eigenvalue weighted by molar-refractivity contribution is 5.78. The number of nitrogens with two attached hydrogens (primary N) is 1. The van der Waals surface area contributed by atoms with Crippen LogP contribution in [0.25, 0.3) is 16.8 Å². The van der Waals surface area contributed by atoms with E-state index in [4.69, 9.17) is 5.73 Å². The molecule has 7 nitrogen and oxygen atoms in total. The quantitative estimate of drug-likeness (QED) is 0.530. The number of hydrogen-bond donors (Lipinski definition) is 2. The first kappa shape index (κ1) is 19.6. The molecule has 4 aromatic rings. The number of aromatic nitrogens is 4. The summed E-state index contributed by atoms with van der Waals surface area (Å²) in [6.45, 7) is 6.34. The van der Waals surface area contributed by atoms with Crippen molar-refractivity contribution in [1.82, 2.24) is 19.6 Å². The minimum absolute atomic E-state index is 0.0948. The number of carbonyl (C=O) groups is 1. The van der Waals surface area contributed by atoms with Crippen LogP contribution in [0, 0.1) is 0 Å². The summed E-state index contributed by atoms with van der Waals surface area (Å²) in [6, 6.07) is 13.8. The Bertz CT molecular complexity index is 1210. The van der Waals surface area contributed by atoms with Crippen molar-refractivity contribution < 1.29 is 4.79 Å². The first-order valence-electron chi connectivity index (χ1n) is 9.75. The maximum atomic E-state index is 11.6. The Morgan fingerprint density at radius 1 is 1.13 bits per heavy atom. The Morgan fingerprint density at radius 2 is 1.97 bits per heavy atom. The van der Waals surface area contributed by atoms with E-state index in [9.17, 15) is 4.79 Å². The van der Waals surface area contributed by atoms with Crippen LogP contribution in [-0.4, -0.2) is 25.5 Å². The molecule has 0 aliphatic rings. The predicted octanol–water partition coefficient (Wildman–Crippen LogP) is 3.86. The second-order valence-corrected chi connectivity index (χ2v) is 8.27. The van der Waals surface area contributed by atoms with Gasteiger partial charge in [0.15, 0.2) is 0 Å². The lowest BCUT2D eigenvalue weighted by molar-refractivity contribution is -0.117. The number of rotatable bonds is 5. The molecule has 0 fully saturated rings. The Balaban J connectivity index is 1.69. The largest absolute Gasteiger partial charge is 0.369 e. The molecule has 0 radical (unpaired) electrons. The van der Waals surface area contributed by atoms with Crippen LogP contribution >= 0.6 is 0 Å². The lowest BCUT2D eigenvalue weighted by atomic mass is 9.82. The summed E-state index contributed by atoms with van der Waals surface area (Å²) in [4.78, 5) is 20.2. The highest BCUT2D eigenvalue weighted by Crippen LogP contribution is 2.29. The van der Waals surface area contributed by atoms with E-state index < -0.39 is 0 Å². The SMILES string of the molecule is CC(C)(C)c1ccc(Nc2ncc3ccc(-c4cccnc4)n3n2)cc1CC(N)=O. The average molecular weight is 400 g/mol. The van der Waals surface area contributed by atoms with Crippen molar-refractivity contribution in [1.29, 1.82) is 0 Å². The van der Waals surface area contributed by atoms with Gasteiger partial charge in [0.05, 0.1) is 23.8 Å². The Hall–Kier alpha value is -3.74. The third-order valence-electron chi connectivity index (χ3n) is 4.89. The highest BCUT2D eigenvalue weighted by Gasteiger charge is 2.19. The van der Waals surface area contributed by atoms with Gasteiger partial charge in [-0.25, -0.2) is 9.50 Å². The van der Waals surface area contributed by atoms with Gasteiger partial charge in [-0.05, 0) is 52.9 Å². The molecular formula is C23H24N6O. The number of nitrogens with one attached hydrogen (secondary N) is 1. The molecule has 7 heteroatoms. The number of pyridine rings is 1. The maximum Gasteiger partial charge on any atom is 0.245 e. The smallest absolute Gasteiger partial charge is 0.245 e. The molecular weight excluding hydrogens is 376 g/mol. The summed E-state index contributed by atoms with van der Waals surface area (Å²) in [5.41, 5.74) is 11.0. The number of anilines is 2. The molecule has 0 atom stereocenters. The zero-order chi connectivity index (χ0) is 21.3. The van der Waals surface area contributed by atoms with Gasteiger partial charge in [-0.3, -0.25) is 9.78 Å². The van der Waals surface area contributed by atoms with Crippen molar-refractivity contribution in [3.05, 3.63) is 72.2 Å². The zero-order valence-corrected chi connectivity index (χ0v) is 17.3. The summed E-state index contributed by atoms with van der Waals surface area (Å²) < 4.78 is 1.83. The van der Waals surface area contributed by atoms with Crippen LogP contribution in [-0.2, 0) is 16.6 Å². The van der Waals surface area contributed by atoms with E-state index in [1.54, 1.807) is 18.6 Å². The minimum Gasteiger partial charge on any atom is -0.369 e. The summed E-state index contributed by atoms with van der Waals surface area (Å²) in [7, 11) is 0. The second kappa shape index (κ2) is 7.59. The second-order valence-electron chi connectivity index (χ2n) is 8.27. The highest BCUT2D eigenvalue weighted by atomic mass is 16.1. The van der Waals surface area contributed by atoms with Crippen LogP contribution in [0.15, 0.2) is 61.1 Å². The molecule has 0 spiro atoms. The molecule has 1 amide bonds. The van der Waals surface area contributed by atoms with E-state index in [0.717, 1.165) is 33.6 Å². The third-order valence-corrected chi connectivity index (χ3v) is 4.89. The van der Waals surface area contributed by atoms with Gasteiger partial charge < -0.3 is 11.1 Å². The van der Waals surface area contributed by atoms with Gasteiger partial charge >= 0.3 is 0 Å². The van der Waals surface area contributed by atoms with Crippen molar-refractivity contribution in [2.24, 2.45) is 5.73 Å². The normalized spacial score (nSPS) is 11.6. The number of carbonyl (C=O) groups excluding carboxylic acids is 1. The summed E-state index contributed by atoms with van der Waals surface area (Å²) >= 11 is 0. The van der Waals surface area contributed by atoms with Gasteiger partial charge in [0, 0.05) is 23.6 Å². The van der Waals surface area contributed by atoms with Crippen LogP contribution in [0.4, 0.5) is 11.6 Å². The van der Waals surface area contributed by atoms with E-state index in [0.29, 0.717) is 5.95 Å². The van der Waals surface area contributed by atoms with E-state index in [1.165, 1.54) is 0 Å². The molecule has 3 heterocycles. The number of benzene rings is 1. The minimum atomic E-state index is -0.358. The number of amides is 1. The van der Waals surface area contributed by atoms with Gasteiger partial charge in [0.1, 0.15) is 0 Å². The zero-order valence-electron chi connectivity index (χ0n) is 17.3. The molecule has 152 valence electrons. The third kappa shape index (κ3) is 4.00. The van der Waals surface area contributed by atoms with Gasteiger partial charge in [0.2, 0.25) is 11.9 Å². The molecule has 3 aromatic heterocycles. The van der Waals surface area contributed by atoms with Crippen LogP contribution in [0.5, 0.6) is 0 Å². The fourth-order valence-electron chi connectivity index (χ4n) is 3.56. The maximum absolute atomic E-state index is 11.6. The molecule has 0 bridgehead atoms. The van der Waals surface area contributed by atoms with Crippen molar-refractivity contribution in [3.63, 3.8) is 0 Å². The van der Waals surface area contributed by atoms with Crippen molar-refractivity contribution in [2.45, 2.75) is 32.6 Å². The van der Waals surface area contributed by atoms with Crippen molar-refractivity contribution in [2.75, 3.05) is 5.32 Å². The summed E-state index contributed by atoms with van der Waals surface area (Å²) in [5.74, 6) is 0.0983. The molecule has 3 N–H and O–H groups in total. The Morgan fingerprint density at radius 3 is 2.67 bits per heavy atom. The van der Waals surface area contributed by atoms with Crippen LogP contribution < -0.4 is 11.1 Å². The Labute approximate surface area is 175 Å². The Kier molecular flexibility index (Phi) is 4.95. The lowest BCUT2D eigenvalue weighted by Gasteiger charge is -2.23. The molecule has 0 aliphatic heterocycles. The van der Waals surface area contributed by atoms with Crippen molar-refractivity contribution >= 4 is 23.1 Å². The van der Waals surface area contributed by atoms with Crippen LogP contribution in [0.2, 0.25) is 0 Å². The van der Waals surface area contributed by atoms with Crippen LogP contribution in [0.1, 0.15) is 31.9 Å². The van der Waals surface area contributed by atoms with Crippen molar-refractivity contribution in [3.8, 4) is 11.3 Å². The number of fused-ring (bicyclic) bond motifs is 1. The molecule has 0 aliphatic carbocycles. The predicted molar refractivity (Wildman–Crippen MR) is 118 cm³/mol. The van der Waals surface area contributed by atoms with E-state index >= 15 is 0 Å². The monoisotopic (exact) mass is 400 g/mol. The van der Waals surface area contributed by atoms with Gasteiger partial charge in [-0.15, -0.1) is 5.10 Å². The number of nitrogens with zero attached hydrogens (tertiary/aromatic N) is 4. The van der Waals surface area contributed by atoms with E-state index in [1.807, 2.05) is 47.0 Å². The fraction of sp³-hybridized carbons (Fsp3) is 0.217. The molecule has 30 heavy (non-hydrogen) atoms. The van der Waals surface area contributed by atoms with E-state index in [-0.39, 0.29) is 17.7 Å². The van der Waals surface area contributed by atoms with Gasteiger partial charge in [-0.1, -0.05) is 26.8 Å².